The Kier molecular flexibility index (Phi) is 9.65. The molecule has 10 nitrogen and oxygen atoms in total. The molecule has 3 N–H and O–H groups in total. The van der Waals surface area contributed by atoms with Gasteiger partial charge in [-0.1, -0.05) is 35.7 Å². The Labute approximate surface area is 221 Å². The molecule has 4 heterocycles. The summed E-state index contributed by atoms with van der Waals surface area (Å²) in [6.45, 7) is 7.41. The second-order valence-electron chi connectivity index (χ2n) is 10.4. The van der Waals surface area contributed by atoms with Gasteiger partial charge >= 0.3 is 0 Å². The SMILES string of the molecule is CCCNC(=O)[C@H]1[C@@H]2OC3(CC2Br)C(C(=O)NCCN2CCOCC2)N(CCCCCCO)C(=O)[C@H]13. The standard InChI is InChI=1S/C25H41BrN4O6/c1-2-7-27-22(32)18-19-24(34)30(9-5-3-4-6-13-31)21(25(19)16-17(26)20(18)36-25)23(33)28-8-10-29-11-14-35-15-12-29/h17-21,31H,2-16H2,1H3,(H,27,32)(H,28,33)/t17?,18-,19+,20-,21?,25?/m1/s1. The lowest BCUT2D eigenvalue weighted by molar-refractivity contribution is -0.142. The normalized spacial score (nSPS) is 33.7. The smallest absolute Gasteiger partial charge is 0.245 e. The number of unbranched alkanes of at least 4 members (excludes halogenated alkanes) is 3. The van der Waals surface area contributed by atoms with Crippen LogP contribution >= 0.6 is 15.9 Å². The predicted molar refractivity (Wildman–Crippen MR) is 137 cm³/mol. The summed E-state index contributed by atoms with van der Waals surface area (Å²) >= 11 is 3.70. The number of hydrogen-bond acceptors (Lipinski definition) is 7. The number of halogens is 1. The average Bonchev–Trinajstić information content (AvgIpc) is 3.46. The van der Waals surface area contributed by atoms with Gasteiger partial charge in [-0.2, -0.15) is 0 Å². The van der Waals surface area contributed by atoms with Crippen molar-refractivity contribution < 1.29 is 29.0 Å². The summed E-state index contributed by atoms with van der Waals surface area (Å²) in [4.78, 5) is 44.5. The van der Waals surface area contributed by atoms with Crippen LogP contribution in [-0.4, -0.2) is 114 Å². The molecular formula is C25H41BrN4O6. The molecule has 0 aromatic carbocycles. The lowest BCUT2D eigenvalue weighted by Crippen LogP contribution is -2.56. The van der Waals surface area contributed by atoms with Gasteiger partial charge < -0.3 is 30.1 Å². The molecule has 1 spiro atoms. The number of nitrogens with one attached hydrogen (secondary N) is 2. The van der Waals surface area contributed by atoms with Crippen molar-refractivity contribution in [3.63, 3.8) is 0 Å². The largest absolute Gasteiger partial charge is 0.396 e. The first kappa shape index (κ1) is 27.8. The van der Waals surface area contributed by atoms with Gasteiger partial charge in [-0.15, -0.1) is 0 Å². The van der Waals surface area contributed by atoms with Gasteiger partial charge in [0.15, 0.2) is 0 Å². The van der Waals surface area contributed by atoms with Gasteiger partial charge in [0.05, 0.1) is 31.2 Å². The Balaban J connectivity index is 1.51. The molecule has 3 amide bonds. The highest BCUT2D eigenvalue weighted by Gasteiger charge is 2.76. The minimum absolute atomic E-state index is 0.0907. The number of aliphatic hydroxyl groups excluding tert-OH is 1. The van der Waals surface area contributed by atoms with Crippen molar-refractivity contribution in [3.8, 4) is 0 Å². The molecule has 2 bridgehead atoms. The van der Waals surface area contributed by atoms with E-state index in [9.17, 15) is 14.4 Å². The second-order valence-corrected chi connectivity index (χ2v) is 11.5. The first-order chi connectivity index (χ1) is 17.4. The van der Waals surface area contributed by atoms with Crippen LogP contribution in [0.2, 0.25) is 0 Å². The minimum Gasteiger partial charge on any atom is -0.396 e. The predicted octanol–water partition coefficient (Wildman–Crippen LogP) is 0.262. The third kappa shape index (κ3) is 5.45. The quantitative estimate of drug-likeness (QED) is 0.214. The maximum absolute atomic E-state index is 13.8. The molecule has 6 atom stereocenters. The van der Waals surface area contributed by atoms with Crippen LogP contribution in [0, 0.1) is 11.8 Å². The zero-order valence-electron chi connectivity index (χ0n) is 21.3. The first-order valence-corrected chi connectivity index (χ1v) is 14.4. The Morgan fingerprint density at radius 1 is 1.08 bits per heavy atom. The number of carbonyl (C=O) groups excluding carboxylic acids is 3. The molecule has 11 heteroatoms. The fourth-order valence-corrected chi connectivity index (χ4v) is 7.29. The molecular weight excluding hydrogens is 532 g/mol. The number of aliphatic hydroxyl groups is 1. The molecule has 4 saturated heterocycles. The van der Waals surface area contributed by atoms with E-state index in [1.807, 2.05) is 6.92 Å². The summed E-state index contributed by atoms with van der Waals surface area (Å²) in [5.41, 5.74) is -1.00. The zero-order valence-corrected chi connectivity index (χ0v) is 22.8. The molecule has 3 unspecified atom stereocenters. The van der Waals surface area contributed by atoms with Gasteiger partial charge in [0.1, 0.15) is 11.6 Å². The van der Waals surface area contributed by atoms with Crippen molar-refractivity contribution in [2.24, 2.45) is 11.8 Å². The van der Waals surface area contributed by atoms with Crippen LogP contribution in [0.4, 0.5) is 0 Å². The van der Waals surface area contributed by atoms with Crippen LogP contribution in [-0.2, 0) is 23.9 Å². The third-order valence-electron chi connectivity index (χ3n) is 8.03. The summed E-state index contributed by atoms with van der Waals surface area (Å²) in [6, 6.07) is -0.758. The van der Waals surface area contributed by atoms with Crippen molar-refractivity contribution in [2.75, 3.05) is 59.1 Å². The van der Waals surface area contributed by atoms with Crippen LogP contribution < -0.4 is 10.6 Å². The number of morpholine rings is 1. The number of hydrogen-bond donors (Lipinski definition) is 3. The number of alkyl halides is 1. The number of carbonyl (C=O) groups is 3. The van der Waals surface area contributed by atoms with Crippen molar-refractivity contribution >= 4 is 33.7 Å². The third-order valence-corrected chi connectivity index (χ3v) is 8.87. The van der Waals surface area contributed by atoms with Gasteiger partial charge in [-0.3, -0.25) is 19.3 Å². The molecule has 4 fully saturated rings. The minimum atomic E-state index is -1.00. The number of rotatable bonds is 13. The van der Waals surface area contributed by atoms with E-state index in [2.05, 4.69) is 31.5 Å². The molecule has 204 valence electrons. The Hall–Kier alpha value is -1.27. The monoisotopic (exact) mass is 572 g/mol. The van der Waals surface area contributed by atoms with Gasteiger partial charge in [-0.25, -0.2) is 0 Å². The van der Waals surface area contributed by atoms with Gasteiger partial charge in [0.2, 0.25) is 17.7 Å². The molecule has 0 saturated carbocycles. The molecule has 36 heavy (non-hydrogen) atoms. The highest BCUT2D eigenvalue weighted by atomic mass is 79.9. The summed E-state index contributed by atoms with van der Waals surface area (Å²) < 4.78 is 11.9. The van der Waals surface area contributed by atoms with Crippen molar-refractivity contribution in [1.82, 2.24) is 20.4 Å². The zero-order chi connectivity index (χ0) is 25.7. The van der Waals surface area contributed by atoms with E-state index in [1.54, 1.807) is 4.90 Å². The molecule has 0 aromatic heterocycles. The average molecular weight is 574 g/mol. The molecule has 0 aromatic rings. The van der Waals surface area contributed by atoms with Gasteiger partial charge in [0.25, 0.3) is 0 Å². The van der Waals surface area contributed by atoms with Crippen LogP contribution in [0.1, 0.15) is 45.4 Å². The Morgan fingerprint density at radius 2 is 1.81 bits per heavy atom. The maximum atomic E-state index is 13.8. The molecule has 0 aliphatic carbocycles. The van der Waals surface area contributed by atoms with E-state index in [0.717, 1.165) is 51.7 Å². The highest BCUT2D eigenvalue weighted by molar-refractivity contribution is 9.09. The molecule has 4 rings (SSSR count). The fourth-order valence-electron chi connectivity index (χ4n) is 6.34. The van der Waals surface area contributed by atoms with Crippen molar-refractivity contribution in [1.29, 1.82) is 0 Å². The van der Waals surface area contributed by atoms with Crippen LogP contribution in [0.15, 0.2) is 0 Å². The first-order valence-electron chi connectivity index (χ1n) is 13.5. The highest BCUT2D eigenvalue weighted by Crippen LogP contribution is 2.59. The van der Waals surface area contributed by atoms with E-state index in [0.29, 0.717) is 39.3 Å². The van der Waals surface area contributed by atoms with E-state index in [4.69, 9.17) is 14.6 Å². The molecule has 0 radical (unpaired) electrons. The maximum Gasteiger partial charge on any atom is 0.245 e. The Bertz CT molecular complexity index is 797. The van der Waals surface area contributed by atoms with Crippen molar-refractivity contribution in [3.05, 3.63) is 0 Å². The van der Waals surface area contributed by atoms with E-state index >= 15 is 0 Å². The van der Waals surface area contributed by atoms with E-state index < -0.39 is 29.6 Å². The van der Waals surface area contributed by atoms with Crippen molar-refractivity contribution in [2.45, 2.75) is 68.0 Å². The number of ether oxygens (including phenoxy) is 2. The van der Waals surface area contributed by atoms with Crippen LogP contribution in [0.5, 0.6) is 0 Å². The summed E-state index contributed by atoms with van der Waals surface area (Å²) in [5, 5.41) is 15.1. The lowest BCUT2D eigenvalue weighted by Gasteiger charge is -2.34. The number of likely N-dealkylation sites (tertiary alicyclic amines) is 1. The fraction of sp³-hybridized carbons (Fsp3) is 0.880. The van der Waals surface area contributed by atoms with Crippen LogP contribution in [0.25, 0.3) is 0 Å². The van der Waals surface area contributed by atoms with E-state index in [-0.39, 0.29) is 29.2 Å². The summed E-state index contributed by atoms with van der Waals surface area (Å²) in [5.74, 6) is -1.78. The topological polar surface area (TPSA) is 120 Å². The second kappa shape index (κ2) is 12.5. The Morgan fingerprint density at radius 3 is 2.53 bits per heavy atom. The summed E-state index contributed by atoms with van der Waals surface area (Å²) in [7, 11) is 0. The van der Waals surface area contributed by atoms with Gasteiger partial charge in [0, 0.05) is 50.7 Å². The van der Waals surface area contributed by atoms with E-state index in [1.165, 1.54) is 0 Å². The van der Waals surface area contributed by atoms with Crippen LogP contribution in [0.3, 0.4) is 0 Å². The molecule has 4 aliphatic heterocycles. The summed E-state index contributed by atoms with van der Waals surface area (Å²) in [6.07, 6.45) is 4.09. The number of nitrogens with zero attached hydrogens (tertiary/aromatic N) is 2. The number of fused-ring (bicyclic) bond motifs is 1. The molecule has 4 aliphatic rings. The number of amides is 3. The van der Waals surface area contributed by atoms with Gasteiger partial charge in [-0.05, 0) is 25.7 Å². The lowest BCUT2D eigenvalue weighted by atomic mass is 9.70.